The number of aromatic nitrogens is 4. The van der Waals surface area contributed by atoms with Crippen LogP contribution >= 0.6 is 0 Å². The van der Waals surface area contributed by atoms with Gasteiger partial charge >= 0.3 is 5.51 Å². The van der Waals surface area contributed by atoms with Crippen LogP contribution < -0.4 is 5.32 Å². The van der Waals surface area contributed by atoms with Crippen LogP contribution in [0.3, 0.4) is 0 Å². The maximum atomic E-state index is 14.0. The van der Waals surface area contributed by atoms with E-state index < -0.39 is 26.1 Å². The molecule has 0 aliphatic rings. The molecule has 0 radical (unpaired) electrons. The van der Waals surface area contributed by atoms with Crippen molar-refractivity contribution >= 4 is 21.5 Å². The molecule has 3 aromatic rings. The Bertz CT molecular complexity index is 1100. The summed E-state index contributed by atoms with van der Waals surface area (Å²) in [6.07, 6.45) is 3.78. The second-order valence-electron chi connectivity index (χ2n) is 5.39. The van der Waals surface area contributed by atoms with Crippen LogP contribution in [0.5, 0.6) is 0 Å². The lowest BCUT2D eigenvalue weighted by atomic mass is 10.2. The fraction of sp³-hybridized carbons (Fsp3) is 0.133. The quantitative estimate of drug-likeness (QED) is 0.676. The van der Waals surface area contributed by atoms with Crippen LogP contribution in [0.1, 0.15) is 0 Å². The van der Waals surface area contributed by atoms with E-state index in [0.29, 0.717) is 5.56 Å². The fourth-order valence-corrected chi connectivity index (χ4v) is 2.98. The van der Waals surface area contributed by atoms with Crippen molar-refractivity contribution in [2.45, 2.75) is 10.4 Å². The second kappa shape index (κ2) is 6.61. The number of nitrogens with one attached hydrogen (secondary N) is 1. The van der Waals surface area contributed by atoms with Crippen LogP contribution in [-0.2, 0) is 16.9 Å². The molecular formula is C15H11F4N5O2S. The lowest BCUT2D eigenvalue weighted by Gasteiger charge is -2.10. The van der Waals surface area contributed by atoms with Crippen molar-refractivity contribution in [3.63, 3.8) is 0 Å². The van der Waals surface area contributed by atoms with Gasteiger partial charge in [-0.15, -0.1) is 0 Å². The van der Waals surface area contributed by atoms with Gasteiger partial charge in [-0.3, -0.25) is 4.68 Å². The predicted molar refractivity (Wildman–Crippen MR) is 87.2 cm³/mol. The number of rotatable bonds is 4. The van der Waals surface area contributed by atoms with Gasteiger partial charge in [-0.1, -0.05) is 6.07 Å². The SMILES string of the molecule is Cn1cc(-c2nc(Nc3cccc(S(=O)(=O)C(F)(F)F)c3)ncc2F)cn1. The molecule has 2 aromatic heterocycles. The zero-order valence-electron chi connectivity index (χ0n) is 13.6. The van der Waals surface area contributed by atoms with E-state index in [4.69, 9.17) is 0 Å². The zero-order valence-corrected chi connectivity index (χ0v) is 14.4. The first-order valence-electron chi connectivity index (χ1n) is 7.28. The minimum absolute atomic E-state index is 0.0101. The Morgan fingerprint density at radius 1 is 1.19 bits per heavy atom. The molecule has 2 heterocycles. The summed E-state index contributed by atoms with van der Waals surface area (Å²) < 4.78 is 76.5. The van der Waals surface area contributed by atoms with E-state index in [9.17, 15) is 26.0 Å². The van der Waals surface area contributed by atoms with E-state index >= 15 is 0 Å². The van der Waals surface area contributed by atoms with Crippen molar-refractivity contribution in [1.29, 1.82) is 0 Å². The normalized spacial score (nSPS) is 12.2. The van der Waals surface area contributed by atoms with E-state index in [2.05, 4.69) is 20.4 Å². The van der Waals surface area contributed by atoms with E-state index in [1.54, 1.807) is 7.05 Å². The summed E-state index contributed by atoms with van der Waals surface area (Å²) in [5.74, 6) is -0.848. The lowest BCUT2D eigenvalue weighted by molar-refractivity contribution is -0.0435. The summed E-state index contributed by atoms with van der Waals surface area (Å²) in [5, 5.41) is 6.47. The van der Waals surface area contributed by atoms with E-state index in [1.807, 2.05) is 0 Å². The Hall–Kier alpha value is -3.02. The van der Waals surface area contributed by atoms with Crippen LogP contribution in [0, 0.1) is 5.82 Å². The third-order valence-corrected chi connectivity index (χ3v) is 4.91. The zero-order chi connectivity index (χ0) is 19.8. The third kappa shape index (κ3) is 3.74. The molecule has 0 unspecified atom stereocenters. The average Bonchev–Trinajstić information content (AvgIpc) is 3.02. The van der Waals surface area contributed by atoms with Crippen LogP contribution in [0.4, 0.5) is 29.2 Å². The molecule has 0 saturated carbocycles. The average molecular weight is 401 g/mol. The summed E-state index contributed by atoms with van der Waals surface area (Å²) in [6.45, 7) is 0. The molecule has 0 aliphatic carbocycles. The molecule has 12 heteroatoms. The maximum Gasteiger partial charge on any atom is 0.501 e. The summed E-state index contributed by atoms with van der Waals surface area (Å²) in [6, 6.07) is 4.07. The smallest absolute Gasteiger partial charge is 0.324 e. The van der Waals surface area contributed by atoms with Crippen molar-refractivity contribution in [3.8, 4) is 11.3 Å². The highest BCUT2D eigenvalue weighted by atomic mass is 32.2. The van der Waals surface area contributed by atoms with Crippen molar-refractivity contribution < 1.29 is 26.0 Å². The van der Waals surface area contributed by atoms with Crippen molar-refractivity contribution in [1.82, 2.24) is 19.7 Å². The number of sulfone groups is 1. The first-order valence-corrected chi connectivity index (χ1v) is 8.76. The first-order chi connectivity index (χ1) is 12.6. The van der Waals surface area contributed by atoms with Gasteiger partial charge in [-0.05, 0) is 18.2 Å². The molecule has 0 saturated heterocycles. The van der Waals surface area contributed by atoms with Crippen LogP contribution in [0.25, 0.3) is 11.3 Å². The lowest BCUT2D eigenvalue weighted by Crippen LogP contribution is -2.23. The van der Waals surface area contributed by atoms with E-state index in [1.165, 1.54) is 23.1 Å². The molecule has 0 aliphatic heterocycles. The van der Waals surface area contributed by atoms with Crippen molar-refractivity contribution in [2.24, 2.45) is 7.05 Å². The number of halogens is 4. The van der Waals surface area contributed by atoms with Gasteiger partial charge < -0.3 is 5.32 Å². The largest absolute Gasteiger partial charge is 0.501 e. The summed E-state index contributed by atoms with van der Waals surface area (Å²) in [4.78, 5) is 6.74. The minimum Gasteiger partial charge on any atom is -0.324 e. The van der Waals surface area contributed by atoms with Gasteiger partial charge in [0.15, 0.2) is 5.82 Å². The van der Waals surface area contributed by atoms with Crippen LogP contribution in [0.15, 0.2) is 47.8 Å². The Morgan fingerprint density at radius 3 is 2.56 bits per heavy atom. The van der Waals surface area contributed by atoms with E-state index in [0.717, 1.165) is 24.4 Å². The summed E-state index contributed by atoms with van der Waals surface area (Å²) in [7, 11) is -3.86. The van der Waals surface area contributed by atoms with Crippen molar-refractivity contribution in [2.75, 3.05) is 5.32 Å². The molecule has 0 spiro atoms. The van der Waals surface area contributed by atoms with Gasteiger partial charge in [0.05, 0.1) is 17.3 Å². The molecule has 1 aromatic carbocycles. The van der Waals surface area contributed by atoms with Gasteiger partial charge in [0, 0.05) is 24.5 Å². The number of anilines is 2. The van der Waals surface area contributed by atoms with Gasteiger partial charge in [0.25, 0.3) is 9.84 Å². The first kappa shape index (κ1) is 18.8. The highest BCUT2D eigenvalue weighted by Gasteiger charge is 2.46. The number of hydrogen-bond donors (Lipinski definition) is 1. The highest BCUT2D eigenvalue weighted by molar-refractivity contribution is 7.92. The highest BCUT2D eigenvalue weighted by Crippen LogP contribution is 2.31. The molecule has 0 atom stereocenters. The maximum absolute atomic E-state index is 14.0. The Labute approximate surface area is 150 Å². The van der Waals surface area contributed by atoms with Gasteiger partial charge in [-0.2, -0.15) is 18.3 Å². The standard InChI is InChI=1S/C15H11F4N5O2S/c1-24-8-9(6-21-24)13-12(16)7-20-14(23-13)22-10-3-2-4-11(5-10)27(25,26)15(17,18)19/h2-8H,1H3,(H,20,22,23). The number of aryl methyl sites for hydroxylation is 1. The Kier molecular flexibility index (Phi) is 4.59. The molecule has 0 amide bonds. The number of alkyl halides is 3. The van der Waals surface area contributed by atoms with Crippen molar-refractivity contribution in [3.05, 3.63) is 48.7 Å². The monoisotopic (exact) mass is 401 g/mol. The molecule has 27 heavy (non-hydrogen) atoms. The molecule has 0 bridgehead atoms. The molecular weight excluding hydrogens is 390 g/mol. The predicted octanol–water partition coefficient (Wildman–Crippen LogP) is 3.05. The van der Waals surface area contributed by atoms with Crippen LogP contribution in [0.2, 0.25) is 0 Å². The van der Waals surface area contributed by atoms with Gasteiger partial charge in [0.1, 0.15) is 5.69 Å². The van der Waals surface area contributed by atoms with Gasteiger partial charge in [0.2, 0.25) is 5.95 Å². The summed E-state index contributed by atoms with van der Waals surface area (Å²) >= 11 is 0. The third-order valence-electron chi connectivity index (χ3n) is 3.43. The fourth-order valence-electron chi connectivity index (χ4n) is 2.18. The number of nitrogens with zero attached hydrogens (tertiary/aromatic N) is 4. The molecule has 3 rings (SSSR count). The Balaban J connectivity index is 1.94. The Morgan fingerprint density at radius 2 is 1.93 bits per heavy atom. The number of benzene rings is 1. The molecule has 142 valence electrons. The second-order valence-corrected chi connectivity index (χ2v) is 7.34. The molecule has 1 N–H and O–H groups in total. The van der Waals surface area contributed by atoms with Gasteiger partial charge in [-0.25, -0.2) is 22.8 Å². The van der Waals surface area contributed by atoms with E-state index in [-0.39, 0.29) is 17.3 Å². The number of hydrogen-bond acceptors (Lipinski definition) is 6. The topological polar surface area (TPSA) is 89.8 Å². The van der Waals surface area contributed by atoms with Crippen LogP contribution in [-0.4, -0.2) is 33.7 Å². The summed E-state index contributed by atoms with van der Waals surface area (Å²) in [5.41, 5.74) is -5.14. The molecule has 7 nitrogen and oxygen atoms in total. The molecule has 0 fully saturated rings. The minimum atomic E-state index is -5.50.